The van der Waals surface area contributed by atoms with Gasteiger partial charge in [0, 0.05) is 10.2 Å². The number of amides is 1. The summed E-state index contributed by atoms with van der Waals surface area (Å²) in [5.41, 5.74) is 3.11. The Balaban J connectivity index is 1.82. The lowest BCUT2D eigenvalue weighted by molar-refractivity contribution is -0.117. The van der Waals surface area contributed by atoms with E-state index >= 15 is 0 Å². The van der Waals surface area contributed by atoms with Gasteiger partial charge in [-0.1, -0.05) is 28.1 Å². The zero-order valence-corrected chi connectivity index (χ0v) is 13.3. The Bertz CT molecular complexity index is 667. The van der Waals surface area contributed by atoms with E-state index in [0.29, 0.717) is 13.0 Å². The van der Waals surface area contributed by atoms with Crippen molar-refractivity contribution in [3.63, 3.8) is 0 Å². The van der Waals surface area contributed by atoms with Crippen LogP contribution in [0.1, 0.15) is 24.0 Å². The van der Waals surface area contributed by atoms with Crippen molar-refractivity contribution in [2.45, 2.75) is 19.3 Å². The van der Waals surface area contributed by atoms with Gasteiger partial charge in [-0.15, -0.1) is 0 Å². The van der Waals surface area contributed by atoms with E-state index in [1.807, 2.05) is 49.4 Å². The summed E-state index contributed by atoms with van der Waals surface area (Å²) in [7, 11) is 0. The van der Waals surface area contributed by atoms with Crippen LogP contribution in [0.2, 0.25) is 0 Å². The average molecular weight is 346 g/mol. The largest absolute Gasteiger partial charge is 0.494 e. The first kappa shape index (κ1) is 14.1. The molecule has 0 spiro atoms. The fourth-order valence-corrected chi connectivity index (χ4v) is 3.00. The molecule has 0 radical (unpaired) electrons. The first-order valence-corrected chi connectivity index (χ1v) is 7.78. The summed E-state index contributed by atoms with van der Waals surface area (Å²) < 4.78 is 6.43. The Hall–Kier alpha value is -1.81. The summed E-state index contributed by atoms with van der Waals surface area (Å²) in [6.45, 7) is 2.62. The fourth-order valence-electron chi connectivity index (χ4n) is 2.62. The minimum atomic E-state index is -0.129. The van der Waals surface area contributed by atoms with E-state index in [9.17, 15) is 4.79 Å². The third-order valence-electron chi connectivity index (χ3n) is 3.64. The highest BCUT2D eigenvalue weighted by atomic mass is 79.9. The predicted octanol–water partition coefficient (Wildman–Crippen LogP) is 4.13. The van der Waals surface area contributed by atoms with E-state index in [1.165, 1.54) is 0 Å². The third kappa shape index (κ3) is 2.95. The minimum Gasteiger partial charge on any atom is -0.494 e. The molecule has 1 amide bonds. The molecule has 4 heteroatoms. The van der Waals surface area contributed by atoms with Crippen molar-refractivity contribution in [3.8, 4) is 5.75 Å². The second kappa shape index (κ2) is 5.90. The number of benzene rings is 2. The van der Waals surface area contributed by atoms with E-state index in [0.717, 1.165) is 27.0 Å². The molecule has 3 rings (SSSR count). The van der Waals surface area contributed by atoms with E-state index in [-0.39, 0.29) is 11.8 Å². The summed E-state index contributed by atoms with van der Waals surface area (Å²) in [5.74, 6) is 0.799. The monoisotopic (exact) mass is 345 g/mol. The quantitative estimate of drug-likeness (QED) is 0.904. The molecular formula is C17H16BrNO2. The number of carbonyl (C=O) groups is 1. The van der Waals surface area contributed by atoms with Gasteiger partial charge in [-0.05, 0) is 54.8 Å². The molecule has 1 N–H and O–H groups in total. The van der Waals surface area contributed by atoms with Gasteiger partial charge in [-0.2, -0.15) is 0 Å². The number of halogens is 1. The van der Waals surface area contributed by atoms with Crippen LogP contribution in [-0.2, 0) is 11.2 Å². The maximum Gasteiger partial charge on any atom is 0.232 e. The molecule has 0 aromatic heterocycles. The second-order valence-electron chi connectivity index (χ2n) is 5.05. The Morgan fingerprint density at radius 2 is 1.95 bits per heavy atom. The molecule has 0 bridgehead atoms. The lowest BCUT2D eigenvalue weighted by Crippen LogP contribution is -2.14. The van der Waals surface area contributed by atoms with Crippen molar-refractivity contribution >= 4 is 27.5 Å². The van der Waals surface area contributed by atoms with Gasteiger partial charge in [0.1, 0.15) is 5.75 Å². The van der Waals surface area contributed by atoms with Gasteiger partial charge < -0.3 is 10.1 Å². The highest BCUT2D eigenvalue weighted by molar-refractivity contribution is 9.10. The van der Waals surface area contributed by atoms with Crippen LogP contribution in [0.5, 0.6) is 5.75 Å². The average Bonchev–Trinajstić information content (AvgIpc) is 2.77. The SMILES string of the molecule is CCOc1ccc(CC2C(=O)Nc3ccc(Br)cc32)cc1. The molecule has 21 heavy (non-hydrogen) atoms. The van der Waals surface area contributed by atoms with E-state index in [1.54, 1.807) is 0 Å². The number of anilines is 1. The minimum absolute atomic E-state index is 0.0667. The van der Waals surface area contributed by atoms with Crippen LogP contribution in [-0.4, -0.2) is 12.5 Å². The van der Waals surface area contributed by atoms with Crippen molar-refractivity contribution in [3.05, 3.63) is 58.1 Å². The molecule has 2 aromatic carbocycles. The predicted molar refractivity (Wildman–Crippen MR) is 86.8 cm³/mol. The number of ether oxygens (including phenoxy) is 1. The maximum absolute atomic E-state index is 12.2. The molecule has 1 unspecified atom stereocenters. The Morgan fingerprint density at radius 3 is 2.67 bits per heavy atom. The van der Waals surface area contributed by atoms with Crippen LogP contribution in [0.15, 0.2) is 46.9 Å². The summed E-state index contributed by atoms with van der Waals surface area (Å²) >= 11 is 3.47. The normalized spacial score (nSPS) is 16.5. The molecule has 0 fully saturated rings. The molecular weight excluding hydrogens is 330 g/mol. The molecule has 2 aromatic rings. The highest BCUT2D eigenvalue weighted by Crippen LogP contribution is 2.36. The number of nitrogens with one attached hydrogen (secondary N) is 1. The van der Waals surface area contributed by atoms with E-state index < -0.39 is 0 Å². The van der Waals surface area contributed by atoms with Gasteiger partial charge in [0.2, 0.25) is 5.91 Å². The van der Waals surface area contributed by atoms with Crippen LogP contribution in [0.4, 0.5) is 5.69 Å². The van der Waals surface area contributed by atoms with Crippen LogP contribution in [0, 0.1) is 0 Å². The van der Waals surface area contributed by atoms with Crippen LogP contribution in [0.25, 0.3) is 0 Å². The van der Waals surface area contributed by atoms with Gasteiger partial charge in [0.15, 0.2) is 0 Å². The smallest absolute Gasteiger partial charge is 0.232 e. The lowest BCUT2D eigenvalue weighted by Gasteiger charge is -2.10. The van der Waals surface area contributed by atoms with Crippen molar-refractivity contribution < 1.29 is 9.53 Å². The van der Waals surface area contributed by atoms with Crippen molar-refractivity contribution in [1.29, 1.82) is 0 Å². The van der Waals surface area contributed by atoms with Gasteiger partial charge in [-0.3, -0.25) is 4.79 Å². The lowest BCUT2D eigenvalue weighted by atomic mass is 9.93. The van der Waals surface area contributed by atoms with Crippen molar-refractivity contribution in [2.24, 2.45) is 0 Å². The van der Waals surface area contributed by atoms with Crippen LogP contribution in [0.3, 0.4) is 0 Å². The van der Waals surface area contributed by atoms with Crippen molar-refractivity contribution in [1.82, 2.24) is 0 Å². The van der Waals surface area contributed by atoms with E-state index in [4.69, 9.17) is 4.74 Å². The molecule has 1 atom stereocenters. The number of fused-ring (bicyclic) bond motifs is 1. The highest BCUT2D eigenvalue weighted by Gasteiger charge is 2.30. The molecule has 0 saturated heterocycles. The Kier molecular flexibility index (Phi) is 3.97. The standard InChI is InChI=1S/C17H16BrNO2/c1-2-21-13-6-3-11(4-7-13)9-15-14-10-12(18)5-8-16(14)19-17(15)20/h3-8,10,15H,2,9H2,1H3,(H,19,20). The summed E-state index contributed by atoms with van der Waals surface area (Å²) in [5, 5.41) is 2.94. The van der Waals surface area contributed by atoms with Crippen LogP contribution >= 0.6 is 15.9 Å². The molecule has 1 heterocycles. The zero-order chi connectivity index (χ0) is 14.8. The summed E-state index contributed by atoms with van der Waals surface area (Å²) in [4.78, 5) is 12.2. The zero-order valence-electron chi connectivity index (χ0n) is 11.7. The summed E-state index contributed by atoms with van der Waals surface area (Å²) in [6, 6.07) is 13.9. The first-order valence-electron chi connectivity index (χ1n) is 6.99. The Morgan fingerprint density at radius 1 is 1.19 bits per heavy atom. The van der Waals surface area contributed by atoms with Gasteiger partial charge in [0.25, 0.3) is 0 Å². The van der Waals surface area contributed by atoms with Crippen LogP contribution < -0.4 is 10.1 Å². The van der Waals surface area contributed by atoms with Gasteiger partial charge >= 0.3 is 0 Å². The first-order chi connectivity index (χ1) is 10.2. The molecule has 1 aliphatic rings. The van der Waals surface area contributed by atoms with Gasteiger partial charge in [0.05, 0.1) is 12.5 Å². The molecule has 0 aliphatic carbocycles. The maximum atomic E-state index is 12.2. The molecule has 108 valence electrons. The second-order valence-corrected chi connectivity index (χ2v) is 5.97. The number of carbonyl (C=O) groups excluding carboxylic acids is 1. The summed E-state index contributed by atoms with van der Waals surface area (Å²) in [6.07, 6.45) is 0.696. The molecule has 0 saturated carbocycles. The Labute approximate surface area is 132 Å². The molecule has 1 aliphatic heterocycles. The van der Waals surface area contributed by atoms with Gasteiger partial charge in [-0.25, -0.2) is 0 Å². The van der Waals surface area contributed by atoms with Crippen molar-refractivity contribution in [2.75, 3.05) is 11.9 Å². The topological polar surface area (TPSA) is 38.3 Å². The number of rotatable bonds is 4. The molecule has 3 nitrogen and oxygen atoms in total. The number of hydrogen-bond acceptors (Lipinski definition) is 2. The van der Waals surface area contributed by atoms with E-state index in [2.05, 4.69) is 21.2 Å². The number of hydrogen-bond donors (Lipinski definition) is 1. The fraction of sp³-hybridized carbons (Fsp3) is 0.235. The third-order valence-corrected chi connectivity index (χ3v) is 4.13.